The summed E-state index contributed by atoms with van der Waals surface area (Å²) in [7, 11) is 0. The highest BCUT2D eigenvalue weighted by atomic mass is 16.3. The van der Waals surface area contributed by atoms with Crippen molar-refractivity contribution in [1.29, 1.82) is 0 Å². The van der Waals surface area contributed by atoms with Crippen molar-refractivity contribution in [3.63, 3.8) is 0 Å². The summed E-state index contributed by atoms with van der Waals surface area (Å²) in [6, 6.07) is 16.8. The van der Waals surface area contributed by atoms with Gasteiger partial charge < -0.3 is 10.4 Å². The summed E-state index contributed by atoms with van der Waals surface area (Å²) in [5, 5.41) is 14.6. The summed E-state index contributed by atoms with van der Waals surface area (Å²) in [5.74, 6) is 0. The van der Waals surface area contributed by atoms with E-state index in [-0.39, 0.29) is 6.04 Å². The van der Waals surface area contributed by atoms with E-state index in [1.165, 1.54) is 22.3 Å². The first-order valence-corrected chi connectivity index (χ1v) is 6.87. The average molecular weight is 251 g/mol. The largest absolute Gasteiger partial charge is 0.387 e. The Balaban J connectivity index is 1.72. The van der Waals surface area contributed by atoms with Crippen molar-refractivity contribution in [3.8, 4) is 0 Å². The molecule has 0 amide bonds. The number of benzene rings is 2. The molecule has 0 aromatic heterocycles. The fourth-order valence-corrected chi connectivity index (χ4v) is 3.61. The minimum Gasteiger partial charge on any atom is -0.387 e. The van der Waals surface area contributed by atoms with Crippen molar-refractivity contribution in [3.05, 3.63) is 70.8 Å². The SMILES string of the molecule is OC1(C2NCc3ccccc32)Cc2ccccc2C1. The van der Waals surface area contributed by atoms with E-state index in [2.05, 4.69) is 53.8 Å². The zero-order chi connectivity index (χ0) is 12.9. The molecule has 1 aliphatic heterocycles. The number of hydrogen-bond donors (Lipinski definition) is 2. The van der Waals surface area contributed by atoms with Gasteiger partial charge in [-0.2, -0.15) is 0 Å². The van der Waals surface area contributed by atoms with Crippen LogP contribution in [0.25, 0.3) is 0 Å². The number of hydrogen-bond acceptors (Lipinski definition) is 2. The topological polar surface area (TPSA) is 32.3 Å². The van der Waals surface area contributed by atoms with Crippen molar-refractivity contribution in [2.24, 2.45) is 0 Å². The van der Waals surface area contributed by atoms with Crippen LogP contribution in [0.4, 0.5) is 0 Å². The van der Waals surface area contributed by atoms with Crippen molar-refractivity contribution < 1.29 is 5.11 Å². The maximum atomic E-state index is 11.1. The molecule has 1 heterocycles. The molecule has 0 fully saturated rings. The molecule has 1 atom stereocenters. The molecule has 0 saturated carbocycles. The van der Waals surface area contributed by atoms with Gasteiger partial charge in [0.15, 0.2) is 0 Å². The Kier molecular flexibility index (Phi) is 2.32. The van der Waals surface area contributed by atoms with E-state index in [0.29, 0.717) is 0 Å². The normalized spacial score (nSPS) is 23.1. The molecule has 96 valence electrons. The molecule has 19 heavy (non-hydrogen) atoms. The van der Waals surface area contributed by atoms with Gasteiger partial charge in [-0.1, -0.05) is 48.5 Å². The van der Waals surface area contributed by atoms with Gasteiger partial charge in [0.05, 0.1) is 11.6 Å². The van der Waals surface area contributed by atoms with E-state index in [1.807, 2.05) is 0 Å². The second-order valence-electron chi connectivity index (χ2n) is 5.74. The quantitative estimate of drug-likeness (QED) is 0.815. The predicted octanol–water partition coefficient (Wildman–Crippen LogP) is 2.36. The molecule has 4 rings (SSSR count). The lowest BCUT2D eigenvalue weighted by Gasteiger charge is -2.30. The Morgan fingerprint density at radius 1 is 0.895 bits per heavy atom. The minimum absolute atomic E-state index is 0.0519. The van der Waals surface area contributed by atoms with E-state index in [0.717, 1.165) is 19.4 Å². The van der Waals surface area contributed by atoms with Crippen molar-refractivity contribution >= 4 is 0 Å². The van der Waals surface area contributed by atoms with Crippen LogP contribution >= 0.6 is 0 Å². The Morgan fingerprint density at radius 3 is 2.16 bits per heavy atom. The standard InChI is InChI=1S/C17H17NO/c19-17(9-12-5-1-2-6-13(12)10-17)16-15-8-4-3-7-14(15)11-18-16/h1-8,16,18-19H,9-11H2. The van der Waals surface area contributed by atoms with E-state index in [9.17, 15) is 5.11 Å². The van der Waals surface area contributed by atoms with Crippen LogP contribution in [0.5, 0.6) is 0 Å². The first-order valence-electron chi connectivity index (χ1n) is 6.87. The van der Waals surface area contributed by atoms with Crippen LogP contribution in [0.3, 0.4) is 0 Å². The van der Waals surface area contributed by atoms with E-state index >= 15 is 0 Å². The van der Waals surface area contributed by atoms with Crippen LogP contribution in [-0.2, 0) is 19.4 Å². The van der Waals surface area contributed by atoms with Crippen LogP contribution < -0.4 is 5.32 Å². The van der Waals surface area contributed by atoms with Gasteiger partial charge in [-0.15, -0.1) is 0 Å². The number of rotatable bonds is 1. The molecular weight excluding hydrogens is 234 g/mol. The average Bonchev–Trinajstić information content (AvgIpc) is 2.98. The van der Waals surface area contributed by atoms with E-state index in [4.69, 9.17) is 0 Å². The number of fused-ring (bicyclic) bond motifs is 2. The molecule has 1 aliphatic carbocycles. The fraction of sp³-hybridized carbons (Fsp3) is 0.294. The fourth-order valence-electron chi connectivity index (χ4n) is 3.61. The number of nitrogens with one attached hydrogen (secondary N) is 1. The second kappa shape index (κ2) is 3.92. The first-order chi connectivity index (χ1) is 9.26. The molecule has 2 heteroatoms. The predicted molar refractivity (Wildman–Crippen MR) is 74.8 cm³/mol. The van der Waals surface area contributed by atoms with Crippen LogP contribution in [0, 0.1) is 0 Å². The van der Waals surface area contributed by atoms with Crippen LogP contribution in [0.15, 0.2) is 48.5 Å². The lowest BCUT2D eigenvalue weighted by molar-refractivity contribution is 0.0137. The third-order valence-electron chi connectivity index (χ3n) is 4.51. The highest BCUT2D eigenvalue weighted by Gasteiger charge is 2.44. The Labute approximate surface area is 113 Å². The van der Waals surface area contributed by atoms with Gasteiger partial charge in [0.2, 0.25) is 0 Å². The van der Waals surface area contributed by atoms with Gasteiger partial charge in [0.25, 0.3) is 0 Å². The molecule has 0 bridgehead atoms. The molecular formula is C17H17NO. The highest BCUT2D eigenvalue weighted by molar-refractivity contribution is 5.42. The van der Waals surface area contributed by atoms with Gasteiger partial charge in [-0.25, -0.2) is 0 Å². The van der Waals surface area contributed by atoms with Gasteiger partial charge in [-0.3, -0.25) is 0 Å². The number of aliphatic hydroxyl groups is 1. The molecule has 0 saturated heterocycles. The third-order valence-corrected chi connectivity index (χ3v) is 4.51. The molecule has 2 aromatic carbocycles. The lowest BCUT2D eigenvalue weighted by atomic mass is 9.86. The summed E-state index contributed by atoms with van der Waals surface area (Å²) < 4.78 is 0. The second-order valence-corrected chi connectivity index (χ2v) is 5.74. The smallest absolute Gasteiger partial charge is 0.0922 e. The molecule has 2 N–H and O–H groups in total. The maximum absolute atomic E-state index is 11.1. The van der Waals surface area contributed by atoms with Crippen molar-refractivity contribution in [2.45, 2.75) is 31.0 Å². The monoisotopic (exact) mass is 251 g/mol. The zero-order valence-electron chi connectivity index (χ0n) is 10.8. The van der Waals surface area contributed by atoms with Crippen molar-refractivity contribution in [1.82, 2.24) is 5.32 Å². The highest BCUT2D eigenvalue weighted by Crippen LogP contribution is 2.42. The molecule has 0 radical (unpaired) electrons. The lowest BCUT2D eigenvalue weighted by Crippen LogP contribution is -2.42. The minimum atomic E-state index is -0.684. The molecule has 2 nitrogen and oxygen atoms in total. The van der Waals surface area contributed by atoms with Crippen molar-refractivity contribution in [2.75, 3.05) is 0 Å². The molecule has 1 unspecified atom stereocenters. The molecule has 2 aromatic rings. The summed E-state index contributed by atoms with van der Waals surface area (Å²) in [4.78, 5) is 0. The zero-order valence-corrected chi connectivity index (χ0v) is 10.8. The van der Waals surface area contributed by atoms with Gasteiger partial charge in [-0.05, 0) is 22.3 Å². The molecule has 2 aliphatic rings. The Morgan fingerprint density at radius 2 is 1.47 bits per heavy atom. The van der Waals surface area contributed by atoms with E-state index < -0.39 is 5.60 Å². The Bertz CT molecular complexity index is 610. The van der Waals surface area contributed by atoms with Crippen LogP contribution in [0.2, 0.25) is 0 Å². The summed E-state index contributed by atoms with van der Waals surface area (Å²) >= 11 is 0. The third kappa shape index (κ3) is 1.64. The molecule has 0 spiro atoms. The van der Waals surface area contributed by atoms with Crippen LogP contribution in [0.1, 0.15) is 28.3 Å². The maximum Gasteiger partial charge on any atom is 0.0922 e. The van der Waals surface area contributed by atoms with Crippen LogP contribution in [-0.4, -0.2) is 10.7 Å². The van der Waals surface area contributed by atoms with Gasteiger partial charge in [0.1, 0.15) is 0 Å². The van der Waals surface area contributed by atoms with Gasteiger partial charge in [0, 0.05) is 19.4 Å². The summed E-state index contributed by atoms with van der Waals surface area (Å²) in [6.45, 7) is 0.861. The van der Waals surface area contributed by atoms with E-state index in [1.54, 1.807) is 0 Å². The van der Waals surface area contributed by atoms with Gasteiger partial charge >= 0.3 is 0 Å². The summed E-state index contributed by atoms with van der Waals surface area (Å²) in [6.07, 6.45) is 1.49. The summed E-state index contributed by atoms with van der Waals surface area (Å²) in [5.41, 5.74) is 4.47. The first kappa shape index (κ1) is 11.2. The Hall–Kier alpha value is -1.64.